The second kappa shape index (κ2) is 4.73. The van der Waals surface area contributed by atoms with Crippen molar-refractivity contribution < 1.29 is 9.90 Å². The van der Waals surface area contributed by atoms with Gasteiger partial charge in [-0.15, -0.1) is 0 Å². The number of nitrogens with one attached hydrogen (secondary N) is 1. The summed E-state index contributed by atoms with van der Waals surface area (Å²) >= 11 is 0. The second-order valence-electron chi connectivity index (χ2n) is 5.52. The minimum absolute atomic E-state index is 0.0584. The van der Waals surface area contributed by atoms with Crippen molar-refractivity contribution in [2.24, 2.45) is 11.3 Å². The van der Waals surface area contributed by atoms with E-state index in [0.717, 1.165) is 17.7 Å². The molecule has 0 spiro atoms. The van der Waals surface area contributed by atoms with Gasteiger partial charge in [-0.3, -0.25) is 4.79 Å². The predicted octanol–water partition coefficient (Wildman–Crippen LogP) is 2.05. The van der Waals surface area contributed by atoms with E-state index in [1.807, 2.05) is 31.2 Å². The van der Waals surface area contributed by atoms with E-state index in [1.54, 1.807) is 0 Å². The van der Waals surface area contributed by atoms with Crippen molar-refractivity contribution in [3.63, 3.8) is 0 Å². The van der Waals surface area contributed by atoms with E-state index >= 15 is 0 Å². The number of benzene rings is 1. The lowest BCUT2D eigenvalue weighted by molar-refractivity contribution is -0.128. The van der Waals surface area contributed by atoms with Gasteiger partial charge in [0.2, 0.25) is 5.91 Å². The first-order chi connectivity index (χ1) is 8.50. The molecule has 0 saturated carbocycles. The first kappa shape index (κ1) is 13.1. The van der Waals surface area contributed by atoms with Crippen LogP contribution in [0.1, 0.15) is 37.8 Å². The van der Waals surface area contributed by atoms with Gasteiger partial charge in [0.1, 0.15) is 0 Å². The third kappa shape index (κ3) is 1.93. The Kier molecular flexibility index (Phi) is 3.44. The Balaban J connectivity index is 2.29. The number of aliphatic hydroxyl groups is 1. The average molecular weight is 247 g/mol. The molecule has 3 nitrogen and oxygen atoms in total. The van der Waals surface area contributed by atoms with Gasteiger partial charge in [0.15, 0.2) is 0 Å². The van der Waals surface area contributed by atoms with Crippen molar-refractivity contribution in [1.82, 2.24) is 5.32 Å². The quantitative estimate of drug-likeness (QED) is 0.859. The van der Waals surface area contributed by atoms with Gasteiger partial charge >= 0.3 is 0 Å². The van der Waals surface area contributed by atoms with E-state index in [0.29, 0.717) is 5.92 Å². The standard InChI is InChI=1S/C15H21NO2/c1-10-8-16-14(18)15(10,3)11(2)13-6-4-12(9-17)5-7-13/h4-7,10-11,17H,8-9H2,1-3H3,(H,16,18)/t10-,11+,15-/m0/s1. The molecule has 1 aromatic rings. The Labute approximate surface area is 108 Å². The smallest absolute Gasteiger partial charge is 0.226 e. The fourth-order valence-electron chi connectivity index (χ4n) is 2.75. The lowest BCUT2D eigenvalue weighted by Gasteiger charge is -2.33. The largest absolute Gasteiger partial charge is 0.392 e. The maximum absolute atomic E-state index is 12.1. The molecule has 3 atom stereocenters. The highest BCUT2D eigenvalue weighted by molar-refractivity contribution is 5.85. The van der Waals surface area contributed by atoms with Gasteiger partial charge < -0.3 is 10.4 Å². The minimum atomic E-state index is -0.346. The van der Waals surface area contributed by atoms with E-state index in [1.165, 1.54) is 0 Å². The highest BCUT2D eigenvalue weighted by Gasteiger charge is 2.48. The highest BCUT2D eigenvalue weighted by atomic mass is 16.3. The average Bonchev–Trinajstić information content (AvgIpc) is 2.67. The Hall–Kier alpha value is -1.35. The molecule has 2 N–H and O–H groups in total. The molecule has 98 valence electrons. The molecule has 18 heavy (non-hydrogen) atoms. The van der Waals surface area contributed by atoms with Crippen molar-refractivity contribution in [3.05, 3.63) is 35.4 Å². The first-order valence-corrected chi connectivity index (χ1v) is 6.48. The summed E-state index contributed by atoms with van der Waals surface area (Å²) in [4.78, 5) is 12.1. The summed E-state index contributed by atoms with van der Waals surface area (Å²) in [6, 6.07) is 7.87. The summed E-state index contributed by atoms with van der Waals surface area (Å²) in [7, 11) is 0. The summed E-state index contributed by atoms with van der Waals surface area (Å²) in [6.45, 7) is 7.09. The molecule has 1 fully saturated rings. The van der Waals surface area contributed by atoms with Crippen molar-refractivity contribution in [1.29, 1.82) is 0 Å². The molecule has 0 aliphatic carbocycles. The molecule has 0 bridgehead atoms. The molecule has 1 amide bonds. The van der Waals surface area contributed by atoms with Crippen LogP contribution in [-0.4, -0.2) is 17.6 Å². The van der Waals surface area contributed by atoms with Crippen LogP contribution in [0.15, 0.2) is 24.3 Å². The van der Waals surface area contributed by atoms with E-state index in [9.17, 15) is 4.79 Å². The van der Waals surface area contributed by atoms with Crippen LogP contribution in [0.2, 0.25) is 0 Å². The van der Waals surface area contributed by atoms with Crippen LogP contribution in [0.5, 0.6) is 0 Å². The number of aliphatic hydroxyl groups excluding tert-OH is 1. The minimum Gasteiger partial charge on any atom is -0.392 e. The van der Waals surface area contributed by atoms with Crippen LogP contribution >= 0.6 is 0 Å². The van der Waals surface area contributed by atoms with Crippen LogP contribution in [0.25, 0.3) is 0 Å². The molecular formula is C15H21NO2. The van der Waals surface area contributed by atoms with Gasteiger partial charge in [-0.2, -0.15) is 0 Å². The van der Waals surface area contributed by atoms with E-state index in [2.05, 4.69) is 19.2 Å². The SMILES string of the molecule is C[C@H](c1ccc(CO)cc1)[C@@]1(C)C(=O)NC[C@@H]1C. The van der Waals surface area contributed by atoms with E-state index in [-0.39, 0.29) is 23.8 Å². The van der Waals surface area contributed by atoms with Gasteiger partial charge in [-0.1, -0.05) is 38.1 Å². The molecule has 1 aliphatic heterocycles. The summed E-state index contributed by atoms with van der Waals surface area (Å²) < 4.78 is 0. The van der Waals surface area contributed by atoms with Gasteiger partial charge in [-0.05, 0) is 29.9 Å². The molecular weight excluding hydrogens is 226 g/mol. The van der Waals surface area contributed by atoms with Crippen LogP contribution in [0.3, 0.4) is 0 Å². The number of carbonyl (C=O) groups excluding carboxylic acids is 1. The van der Waals surface area contributed by atoms with Crippen molar-refractivity contribution in [2.45, 2.75) is 33.3 Å². The van der Waals surface area contributed by atoms with Crippen LogP contribution in [0.4, 0.5) is 0 Å². The third-order valence-corrected chi connectivity index (χ3v) is 4.64. The molecule has 0 unspecified atom stereocenters. The zero-order valence-electron chi connectivity index (χ0n) is 11.2. The number of rotatable bonds is 3. The van der Waals surface area contributed by atoms with Crippen LogP contribution in [-0.2, 0) is 11.4 Å². The first-order valence-electron chi connectivity index (χ1n) is 6.48. The molecule has 3 heteroatoms. The molecule has 0 aromatic heterocycles. The topological polar surface area (TPSA) is 49.3 Å². The number of carbonyl (C=O) groups is 1. The van der Waals surface area contributed by atoms with Gasteiger partial charge in [-0.25, -0.2) is 0 Å². The van der Waals surface area contributed by atoms with E-state index < -0.39 is 0 Å². The highest BCUT2D eigenvalue weighted by Crippen LogP contribution is 2.44. The molecule has 1 aromatic carbocycles. The monoisotopic (exact) mass is 247 g/mol. The predicted molar refractivity (Wildman–Crippen MR) is 71.1 cm³/mol. The summed E-state index contributed by atoms with van der Waals surface area (Å²) in [6.07, 6.45) is 0. The van der Waals surface area contributed by atoms with Crippen LogP contribution < -0.4 is 5.32 Å². The molecule has 1 heterocycles. The number of hydrogen-bond donors (Lipinski definition) is 2. The summed E-state index contributed by atoms with van der Waals surface area (Å²) in [5.41, 5.74) is 1.71. The summed E-state index contributed by atoms with van der Waals surface area (Å²) in [5, 5.41) is 12.0. The van der Waals surface area contributed by atoms with Crippen molar-refractivity contribution in [3.8, 4) is 0 Å². The van der Waals surface area contributed by atoms with Gasteiger partial charge in [0.25, 0.3) is 0 Å². The molecule has 1 aliphatic rings. The second-order valence-corrected chi connectivity index (χ2v) is 5.52. The number of amides is 1. The lowest BCUT2D eigenvalue weighted by Crippen LogP contribution is -2.36. The zero-order chi connectivity index (χ0) is 13.3. The Morgan fingerprint density at radius 2 is 2.06 bits per heavy atom. The van der Waals surface area contributed by atoms with Crippen molar-refractivity contribution >= 4 is 5.91 Å². The Morgan fingerprint density at radius 1 is 1.44 bits per heavy atom. The molecule has 0 radical (unpaired) electrons. The zero-order valence-corrected chi connectivity index (χ0v) is 11.2. The van der Waals surface area contributed by atoms with Crippen molar-refractivity contribution in [2.75, 3.05) is 6.54 Å². The maximum Gasteiger partial charge on any atom is 0.226 e. The maximum atomic E-state index is 12.1. The number of hydrogen-bond acceptors (Lipinski definition) is 2. The normalized spacial score (nSPS) is 29.1. The van der Waals surface area contributed by atoms with Gasteiger partial charge in [0.05, 0.1) is 12.0 Å². The lowest BCUT2D eigenvalue weighted by atomic mass is 9.68. The molecule has 2 rings (SSSR count). The fraction of sp³-hybridized carbons (Fsp3) is 0.533. The Morgan fingerprint density at radius 3 is 2.50 bits per heavy atom. The molecule has 1 saturated heterocycles. The third-order valence-electron chi connectivity index (χ3n) is 4.64. The van der Waals surface area contributed by atoms with Gasteiger partial charge in [0, 0.05) is 6.54 Å². The van der Waals surface area contributed by atoms with E-state index in [4.69, 9.17) is 5.11 Å². The fourth-order valence-corrected chi connectivity index (χ4v) is 2.75. The van der Waals surface area contributed by atoms with Crippen LogP contribution in [0, 0.1) is 11.3 Å². The Bertz CT molecular complexity index is 440. The summed E-state index contributed by atoms with van der Waals surface area (Å²) in [5.74, 6) is 0.647.